The second-order valence-electron chi connectivity index (χ2n) is 5.11. The van der Waals surface area contributed by atoms with Crippen LogP contribution in [0.15, 0.2) is 35.4 Å². The first kappa shape index (κ1) is 19.5. The molecule has 0 aliphatic heterocycles. The van der Waals surface area contributed by atoms with Gasteiger partial charge in [-0.05, 0) is 18.2 Å². The third-order valence-electron chi connectivity index (χ3n) is 3.52. The van der Waals surface area contributed by atoms with Gasteiger partial charge in [-0.25, -0.2) is 5.43 Å². The van der Waals surface area contributed by atoms with Crippen LogP contribution in [0.3, 0.4) is 0 Å². The van der Waals surface area contributed by atoms with Gasteiger partial charge in [0.1, 0.15) is 5.75 Å². The molecule has 0 bridgehead atoms. The number of hydrazone groups is 1. The summed E-state index contributed by atoms with van der Waals surface area (Å²) in [5.41, 5.74) is 2.31. The number of phenols is 1. The first-order chi connectivity index (χ1) is 12.9. The van der Waals surface area contributed by atoms with Crippen molar-refractivity contribution >= 4 is 17.8 Å². The smallest absolute Gasteiger partial charge is 0.271 e. The molecule has 0 aliphatic carbocycles. The van der Waals surface area contributed by atoms with Crippen LogP contribution in [0.25, 0.3) is 0 Å². The van der Waals surface area contributed by atoms with Crippen molar-refractivity contribution < 1.29 is 29.0 Å². The molecule has 0 aliphatic rings. The number of nitrogens with zero attached hydrogens (tertiary/aromatic N) is 2. The van der Waals surface area contributed by atoms with E-state index in [2.05, 4.69) is 10.5 Å². The normalized spacial score (nSPS) is 10.5. The van der Waals surface area contributed by atoms with E-state index in [1.165, 1.54) is 39.5 Å². The van der Waals surface area contributed by atoms with E-state index in [-0.39, 0.29) is 22.6 Å². The van der Waals surface area contributed by atoms with Crippen LogP contribution >= 0.6 is 0 Å². The molecule has 2 aromatic rings. The van der Waals surface area contributed by atoms with Gasteiger partial charge < -0.3 is 19.3 Å². The highest BCUT2D eigenvalue weighted by Gasteiger charge is 2.16. The largest absolute Gasteiger partial charge is 0.507 e. The minimum atomic E-state index is -0.606. The van der Waals surface area contributed by atoms with E-state index < -0.39 is 10.8 Å². The summed E-state index contributed by atoms with van der Waals surface area (Å²) >= 11 is 0. The standard InChI is InChI=1S/C17H17N3O7/c1-25-14-7-10(8-15(26-2)16(14)27-3)17(22)19-18-9-11-6-12(20(23)24)4-5-13(11)21/h4-9,21H,1-3H3,(H,19,22)/b18-9+. The summed E-state index contributed by atoms with van der Waals surface area (Å²) in [4.78, 5) is 22.5. The van der Waals surface area contributed by atoms with Crippen LogP contribution in [0.5, 0.6) is 23.0 Å². The van der Waals surface area contributed by atoms with Crippen LogP contribution in [0.2, 0.25) is 0 Å². The van der Waals surface area contributed by atoms with Crippen molar-refractivity contribution in [2.24, 2.45) is 5.10 Å². The second kappa shape index (κ2) is 8.52. The van der Waals surface area contributed by atoms with E-state index in [0.29, 0.717) is 17.2 Å². The molecule has 0 radical (unpaired) electrons. The number of nitro benzene ring substituents is 1. The minimum Gasteiger partial charge on any atom is -0.507 e. The van der Waals surface area contributed by atoms with Crippen molar-refractivity contribution in [1.82, 2.24) is 5.43 Å². The topological polar surface area (TPSA) is 133 Å². The maximum absolute atomic E-state index is 12.3. The molecule has 142 valence electrons. The zero-order chi connectivity index (χ0) is 20.0. The van der Waals surface area contributed by atoms with Crippen LogP contribution in [0.4, 0.5) is 5.69 Å². The molecule has 2 N–H and O–H groups in total. The molecule has 10 nitrogen and oxygen atoms in total. The molecule has 2 aromatic carbocycles. The summed E-state index contributed by atoms with van der Waals surface area (Å²) in [6.45, 7) is 0. The molecule has 0 heterocycles. The number of ether oxygens (including phenoxy) is 3. The Morgan fingerprint density at radius 1 is 1.15 bits per heavy atom. The summed E-state index contributed by atoms with van der Waals surface area (Å²) in [6, 6.07) is 6.33. The summed E-state index contributed by atoms with van der Waals surface area (Å²) < 4.78 is 15.5. The number of hydrogen-bond acceptors (Lipinski definition) is 8. The molecular formula is C17H17N3O7. The Morgan fingerprint density at radius 2 is 1.78 bits per heavy atom. The van der Waals surface area contributed by atoms with Gasteiger partial charge in [0.15, 0.2) is 11.5 Å². The van der Waals surface area contributed by atoms with Crippen molar-refractivity contribution in [2.45, 2.75) is 0 Å². The van der Waals surface area contributed by atoms with Gasteiger partial charge in [0, 0.05) is 23.3 Å². The van der Waals surface area contributed by atoms with Crippen molar-refractivity contribution in [1.29, 1.82) is 0 Å². The van der Waals surface area contributed by atoms with Gasteiger partial charge >= 0.3 is 0 Å². The summed E-state index contributed by atoms with van der Waals surface area (Å²) in [7, 11) is 4.28. The molecule has 0 unspecified atom stereocenters. The second-order valence-corrected chi connectivity index (χ2v) is 5.11. The predicted octanol–water partition coefficient (Wildman–Crippen LogP) is 2.09. The Morgan fingerprint density at radius 3 is 2.30 bits per heavy atom. The first-order valence-electron chi connectivity index (χ1n) is 7.52. The summed E-state index contributed by atoms with van der Waals surface area (Å²) in [5, 5.41) is 24.2. The van der Waals surface area contributed by atoms with E-state index >= 15 is 0 Å². The number of nitro groups is 1. The Hall–Kier alpha value is -3.82. The number of benzene rings is 2. The Balaban J connectivity index is 2.22. The van der Waals surface area contributed by atoms with E-state index in [1.54, 1.807) is 0 Å². The molecule has 27 heavy (non-hydrogen) atoms. The van der Waals surface area contributed by atoms with Gasteiger partial charge in [-0.15, -0.1) is 0 Å². The number of methoxy groups -OCH3 is 3. The average Bonchev–Trinajstić information content (AvgIpc) is 2.67. The van der Waals surface area contributed by atoms with E-state index in [0.717, 1.165) is 18.3 Å². The lowest BCUT2D eigenvalue weighted by Crippen LogP contribution is -2.18. The highest BCUT2D eigenvalue weighted by molar-refractivity contribution is 5.96. The van der Waals surface area contributed by atoms with Gasteiger partial charge in [-0.3, -0.25) is 14.9 Å². The molecular weight excluding hydrogens is 358 g/mol. The van der Waals surface area contributed by atoms with Crippen LogP contribution in [0, 0.1) is 10.1 Å². The van der Waals surface area contributed by atoms with Gasteiger partial charge in [0.25, 0.3) is 11.6 Å². The number of rotatable bonds is 7. The quantitative estimate of drug-likeness (QED) is 0.430. The van der Waals surface area contributed by atoms with Crippen LogP contribution in [-0.4, -0.2) is 43.5 Å². The monoisotopic (exact) mass is 375 g/mol. The molecule has 10 heteroatoms. The number of aromatic hydroxyl groups is 1. The summed E-state index contributed by atoms with van der Waals surface area (Å²) in [6.07, 6.45) is 1.10. The lowest BCUT2D eigenvalue weighted by atomic mass is 10.1. The Kier molecular flexibility index (Phi) is 6.15. The van der Waals surface area contributed by atoms with Crippen molar-refractivity contribution in [3.8, 4) is 23.0 Å². The van der Waals surface area contributed by atoms with Crippen molar-refractivity contribution in [3.05, 3.63) is 51.6 Å². The molecule has 0 spiro atoms. The van der Waals surface area contributed by atoms with E-state index in [1.807, 2.05) is 0 Å². The zero-order valence-electron chi connectivity index (χ0n) is 14.8. The third kappa shape index (κ3) is 4.42. The van der Waals surface area contributed by atoms with E-state index in [9.17, 15) is 20.0 Å². The molecule has 0 atom stereocenters. The van der Waals surface area contributed by atoms with Gasteiger partial charge in [-0.2, -0.15) is 5.10 Å². The lowest BCUT2D eigenvalue weighted by molar-refractivity contribution is -0.384. The Bertz CT molecular complexity index is 871. The number of carbonyl (C=O) groups is 1. The van der Waals surface area contributed by atoms with Crippen LogP contribution < -0.4 is 19.6 Å². The third-order valence-corrected chi connectivity index (χ3v) is 3.52. The maximum atomic E-state index is 12.3. The maximum Gasteiger partial charge on any atom is 0.271 e. The van der Waals surface area contributed by atoms with Gasteiger partial charge in [-0.1, -0.05) is 0 Å². The highest BCUT2D eigenvalue weighted by Crippen LogP contribution is 2.38. The highest BCUT2D eigenvalue weighted by atomic mass is 16.6. The minimum absolute atomic E-state index is 0.0781. The van der Waals surface area contributed by atoms with E-state index in [4.69, 9.17) is 14.2 Å². The number of hydrogen-bond donors (Lipinski definition) is 2. The van der Waals surface area contributed by atoms with Crippen molar-refractivity contribution in [3.63, 3.8) is 0 Å². The van der Waals surface area contributed by atoms with Gasteiger partial charge in [0.2, 0.25) is 5.75 Å². The predicted molar refractivity (Wildman–Crippen MR) is 95.9 cm³/mol. The fourth-order valence-corrected chi connectivity index (χ4v) is 2.20. The van der Waals surface area contributed by atoms with Crippen LogP contribution in [-0.2, 0) is 0 Å². The average molecular weight is 375 g/mol. The van der Waals surface area contributed by atoms with Crippen molar-refractivity contribution in [2.75, 3.05) is 21.3 Å². The number of phenolic OH excluding ortho intramolecular Hbond substituents is 1. The molecule has 1 amide bonds. The summed E-state index contributed by atoms with van der Waals surface area (Å²) in [5.74, 6) is 0.119. The molecule has 0 saturated heterocycles. The van der Waals surface area contributed by atoms with Gasteiger partial charge in [0.05, 0.1) is 32.5 Å². The molecule has 0 fully saturated rings. The molecule has 0 aromatic heterocycles. The fraction of sp³-hybridized carbons (Fsp3) is 0.176. The zero-order valence-corrected chi connectivity index (χ0v) is 14.8. The number of amides is 1. The van der Waals surface area contributed by atoms with Crippen LogP contribution in [0.1, 0.15) is 15.9 Å². The number of nitrogens with one attached hydrogen (secondary N) is 1. The number of carbonyl (C=O) groups excluding carboxylic acids is 1. The molecule has 2 rings (SSSR count). The SMILES string of the molecule is COc1cc(C(=O)N/N=C/c2cc([N+](=O)[O-])ccc2O)cc(OC)c1OC. The fourth-order valence-electron chi connectivity index (χ4n) is 2.20. The first-order valence-corrected chi connectivity index (χ1v) is 7.52. The Labute approximate surface area is 154 Å². The number of non-ortho nitro benzene ring substituents is 1. The molecule has 0 saturated carbocycles. The lowest BCUT2D eigenvalue weighted by Gasteiger charge is -2.13.